The number of isothiocyanates is 1. The Morgan fingerprint density at radius 1 is 1.91 bits per heavy atom. The summed E-state index contributed by atoms with van der Waals surface area (Å²) in [5.74, 6) is 0. The third kappa shape index (κ3) is 2.19. The van der Waals surface area contributed by atoms with Crippen LogP contribution in [0.2, 0.25) is 0 Å². The quantitative estimate of drug-likeness (QED) is 0.533. The minimum atomic E-state index is 0.118. The van der Waals surface area contributed by atoms with Crippen LogP contribution in [0.3, 0.4) is 0 Å². The Hall–Kier alpha value is -0.570. The second-order valence-corrected chi connectivity index (χ2v) is 3.12. The van der Waals surface area contributed by atoms with Gasteiger partial charge in [0, 0.05) is 11.6 Å². The molecule has 1 aromatic rings. The standard InChI is InChI=1S/C7H8N2S2/c1-2-6(9-5-10)7-8-3-4-11-7/h3-4,6H,2H2,1H3. The van der Waals surface area contributed by atoms with E-state index < -0.39 is 0 Å². The number of aromatic nitrogens is 1. The molecule has 4 heteroatoms. The normalized spacial score (nSPS) is 12.1. The van der Waals surface area contributed by atoms with Gasteiger partial charge in [0.15, 0.2) is 0 Å². The summed E-state index contributed by atoms with van der Waals surface area (Å²) in [5.41, 5.74) is 0. The van der Waals surface area contributed by atoms with Crippen LogP contribution in [-0.2, 0) is 0 Å². The minimum absolute atomic E-state index is 0.118. The van der Waals surface area contributed by atoms with E-state index in [1.807, 2.05) is 5.38 Å². The Labute approximate surface area is 75.0 Å². The molecule has 1 rings (SSSR count). The Morgan fingerprint density at radius 2 is 2.73 bits per heavy atom. The Morgan fingerprint density at radius 3 is 3.18 bits per heavy atom. The van der Waals surface area contributed by atoms with Gasteiger partial charge in [0.1, 0.15) is 11.0 Å². The van der Waals surface area contributed by atoms with Crippen LogP contribution in [0.15, 0.2) is 16.6 Å². The fourth-order valence-corrected chi connectivity index (χ4v) is 1.67. The molecule has 0 aromatic carbocycles. The molecule has 0 spiro atoms. The van der Waals surface area contributed by atoms with Crippen molar-refractivity contribution in [3.8, 4) is 0 Å². The number of hydrogen-bond acceptors (Lipinski definition) is 4. The van der Waals surface area contributed by atoms with Gasteiger partial charge < -0.3 is 0 Å². The lowest BCUT2D eigenvalue weighted by Crippen LogP contribution is -1.90. The molecule has 58 valence electrons. The summed E-state index contributed by atoms with van der Waals surface area (Å²) in [7, 11) is 0. The predicted octanol–water partition coefficient (Wildman–Crippen LogP) is 2.70. The highest BCUT2D eigenvalue weighted by Crippen LogP contribution is 2.21. The van der Waals surface area contributed by atoms with Crippen LogP contribution >= 0.6 is 23.6 Å². The van der Waals surface area contributed by atoms with Gasteiger partial charge in [-0.15, -0.1) is 11.3 Å². The molecule has 0 bridgehead atoms. The largest absolute Gasteiger partial charge is 0.247 e. The van der Waals surface area contributed by atoms with Crippen molar-refractivity contribution in [2.24, 2.45) is 4.99 Å². The van der Waals surface area contributed by atoms with Gasteiger partial charge in [-0.1, -0.05) is 6.92 Å². The monoisotopic (exact) mass is 184 g/mol. The molecule has 2 nitrogen and oxygen atoms in total. The van der Waals surface area contributed by atoms with E-state index in [1.54, 1.807) is 17.5 Å². The molecule has 0 fully saturated rings. The minimum Gasteiger partial charge on any atom is -0.247 e. The average molecular weight is 184 g/mol. The van der Waals surface area contributed by atoms with Crippen LogP contribution in [0.25, 0.3) is 0 Å². The van der Waals surface area contributed by atoms with Gasteiger partial charge in [-0.2, -0.15) is 0 Å². The van der Waals surface area contributed by atoms with Crippen molar-refractivity contribution >= 4 is 28.7 Å². The first-order chi connectivity index (χ1) is 5.38. The maximum atomic E-state index is 4.53. The van der Waals surface area contributed by atoms with Crippen molar-refractivity contribution in [1.29, 1.82) is 0 Å². The molecular formula is C7H8N2S2. The van der Waals surface area contributed by atoms with Crippen molar-refractivity contribution in [1.82, 2.24) is 4.98 Å². The van der Waals surface area contributed by atoms with Gasteiger partial charge in [0.2, 0.25) is 0 Å². The molecule has 1 unspecified atom stereocenters. The highest BCUT2D eigenvalue weighted by atomic mass is 32.1. The third-order valence-electron chi connectivity index (χ3n) is 1.33. The second kappa shape index (κ2) is 4.34. The summed E-state index contributed by atoms with van der Waals surface area (Å²) < 4.78 is 0. The number of nitrogens with zero attached hydrogens (tertiary/aromatic N) is 2. The average Bonchev–Trinajstić information content (AvgIpc) is 2.52. The van der Waals surface area contributed by atoms with Crippen LogP contribution in [0.5, 0.6) is 0 Å². The molecule has 0 amide bonds. The SMILES string of the molecule is CCC(N=C=S)c1nccs1. The molecule has 1 atom stereocenters. The molecule has 0 N–H and O–H groups in total. The Kier molecular flexibility index (Phi) is 3.36. The van der Waals surface area contributed by atoms with E-state index in [4.69, 9.17) is 0 Å². The lowest BCUT2D eigenvalue weighted by molar-refractivity contribution is 0.700. The maximum absolute atomic E-state index is 4.53. The molecule has 0 saturated carbocycles. The highest BCUT2D eigenvalue weighted by Gasteiger charge is 2.08. The molecule has 0 saturated heterocycles. The van der Waals surface area contributed by atoms with Crippen LogP contribution in [0.4, 0.5) is 0 Å². The van der Waals surface area contributed by atoms with Crippen LogP contribution in [-0.4, -0.2) is 10.1 Å². The molecule has 0 aliphatic carbocycles. The van der Waals surface area contributed by atoms with Crippen molar-refractivity contribution in [2.75, 3.05) is 0 Å². The van der Waals surface area contributed by atoms with Gasteiger partial charge in [0.05, 0.1) is 5.16 Å². The fourth-order valence-electron chi connectivity index (χ4n) is 0.784. The zero-order valence-corrected chi connectivity index (χ0v) is 7.78. The molecule has 1 aromatic heterocycles. The van der Waals surface area contributed by atoms with Crippen molar-refractivity contribution in [3.63, 3.8) is 0 Å². The lowest BCUT2D eigenvalue weighted by Gasteiger charge is -2.01. The molecule has 1 heterocycles. The van der Waals surface area contributed by atoms with E-state index in [2.05, 4.69) is 34.3 Å². The highest BCUT2D eigenvalue weighted by molar-refractivity contribution is 7.78. The third-order valence-corrected chi connectivity index (χ3v) is 2.31. The zero-order chi connectivity index (χ0) is 8.10. The first kappa shape index (κ1) is 8.53. The molecule has 0 aliphatic heterocycles. The topological polar surface area (TPSA) is 25.2 Å². The van der Waals surface area contributed by atoms with E-state index in [0.29, 0.717) is 0 Å². The molecule has 0 aliphatic rings. The van der Waals surface area contributed by atoms with E-state index >= 15 is 0 Å². The van der Waals surface area contributed by atoms with Crippen molar-refractivity contribution < 1.29 is 0 Å². The van der Waals surface area contributed by atoms with Crippen LogP contribution in [0.1, 0.15) is 24.4 Å². The molecule has 0 radical (unpaired) electrons. The van der Waals surface area contributed by atoms with E-state index in [0.717, 1.165) is 11.4 Å². The zero-order valence-electron chi connectivity index (χ0n) is 6.15. The van der Waals surface area contributed by atoms with E-state index in [1.165, 1.54) is 0 Å². The maximum Gasteiger partial charge on any atom is 0.118 e. The van der Waals surface area contributed by atoms with Crippen molar-refractivity contribution in [3.05, 3.63) is 16.6 Å². The number of hydrogen-bond donors (Lipinski definition) is 0. The van der Waals surface area contributed by atoms with Crippen LogP contribution in [0, 0.1) is 0 Å². The summed E-state index contributed by atoms with van der Waals surface area (Å²) in [6.07, 6.45) is 2.71. The number of thiocarbonyl (C=S) groups is 1. The smallest absolute Gasteiger partial charge is 0.118 e. The van der Waals surface area contributed by atoms with Gasteiger partial charge in [0.25, 0.3) is 0 Å². The van der Waals surface area contributed by atoms with Gasteiger partial charge in [-0.05, 0) is 18.6 Å². The Bertz CT molecular complexity index is 249. The van der Waals surface area contributed by atoms with Gasteiger partial charge in [-0.25, -0.2) is 9.98 Å². The first-order valence-electron chi connectivity index (χ1n) is 3.34. The van der Waals surface area contributed by atoms with Gasteiger partial charge >= 0.3 is 0 Å². The van der Waals surface area contributed by atoms with Crippen molar-refractivity contribution in [2.45, 2.75) is 19.4 Å². The van der Waals surface area contributed by atoms with E-state index in [9.17, 15) is 0 Å². The molecular weight excluding hydrogens is 176 g/mol. The number of rotatable bonds is 3. The summed E-state index contributed by atoms with van der Waals surface area (Å²) in [6, 6.07) is 0.118. The predicted molar refractivity (Wildman–Crippen MR) is 50.2 cm³/mol. The van der Waals surface area contributed by atoms with E-state index in [-0.39, 0.29) is 6.04 Å². The number of thiazole rings is 1. The fraction of sp³-hybridized carbons (Fsp3) is 0.429. The van der Waals surface area contributed by atoms with Crippen LogP contribution < -0.4 is 0 Å². The molecule has 11 heavy (non-hydrogen) atoms. The summed E-state index contributed by atoms with van der Waals surface area (Å²) in [6.45, 7) is 2.06. The second-order valence-electron chi connectivity index (χ2n) is 2.01. The number of aliphatic imine (C=N–C) groups is 1. The summed E-state index contributed by atoms with van der Waals surface area (Å²) >= 11 is 6.13. The summed E-state index contributed by atoms with van der Waals surface area (Å²) in [5, 5.41) is 5.34. The Balaban J connectivity index is 2.79. The lowest BCUT2D eigenvalue weighted by atomic mass is 10.2. The van der Waals surface area contributed by atoms with Gasteiger partial charge in [-0.3, -0.25) is 0 Å². The summed E-state index contributed by atoms with van der Waals surface area (Å²) in [4.78, 5) is 8.14. The first-order valence-corrected chi connectivity index (χ1v) is 4.63.